The Morgan fingerprint density at radius 3 is 0.975 bits per heavy atom. The molecule has 0 bridgehead atoms. The third-order valence-electron chi connectivity index (χ3n) is 16.3. The van der Waals surface area contributed by atoms with Crippen LogP contribution in [0.2, 0.25) is 0 Å². The van der Waals surface area contributed by atoms with E-state index in [4.69, 9.17) is 4.74 Å². The Morgan fingerprint density at radius 1 is 0.350 bits per heavy atom. The first-order valence-corrected chi connectivity index (χ1v) is 29.6. The van der Waals surface area contributed by atoms with Crippen molar-refractivity contribution in [3.8, 4) is 5.75 Å². The van der Waals surface area contributed by atoms with Gasteiger partial charge in [0.05, 0.1) is 7.11 Å². The van der Waals surface area contributed by atoms with Crippen LogP contribution in [0.3, 0.4) is 0 Å². The van der Waals surface area contributed by atoms with Gasteiger partial charge in [0.25, 0.3) is 0 Å². The minimum Gasteiger partial charge on any atom is -0.493 e. The van der Waals surface area contributed by atoms with Crippen LogP contribution in [0.5, 0.6) is 5.75 Å². The first-order chi connectivity index (χ1) is 38.5. The molecule has 6 aromatic rings. The number of methoxy groups -OCH3 is 1. The van der Waals surface area contributed by atoms with E-state index in [9.17, 15) is 28.8 Å². The summed E-state index contributed by atoms with van der Waals surface area (Å²) in [5.74, 6) is 3.18. The van der Waals surface area contributed by atoms with E-state index in [0.717, 1.165) is 80.5 Å². The Bertz CT molecular complexity index is 3180. The van der Waals surface area contributed by atoms with E-state index in [1.807, 2.05) is 188 Å². The van der Waals surface area contributed by atoms with Crippen molar-refractivity contribution in [1.29, 1.82) is 0 Å². The molecule has 10 rings (SSSR count). The second kappa shape index (κ2) is 33.0. The molecule has 4 aliphatic carbocycles. The molecule has 1 unspecified atom stereocenters. The van der Waals surface area contributed by atoms with E-state index in [0.29, 0.717) is 41.3 Å². The number of hydrogen-bond donors (Lipinski definition) is 0. The molecule has 0 radical (unpaired) electrons. The number of aryl methyl sites for hydroxylation is 5. The third-order valence-corrected chi connectivity index (χ3v) is 16.3. The lowest BCUT2D eigenvalue weighted by Gasteiger charge is -2.24. The standard InChI is InChI=1S/C14H18O.C13H16O2.C12H14O.C12H16O.C11H12O.C11H14O/c1-11-7-5-6-10-13(14(11)15)12-8-3-2-4-9-12;1-15-12-9-5-4-8-11(13(12)14)10-6-2-3-7-10;1-9-5-2-3-8-11(12(9)13)10-6-4-7-10;1-4-9(2)11-8-6-5-7-10(3)12(11)13;1-8-4-2-3-5-10(11(8)12)9-6-7-9;1-8(2)10-7-5-4-6-9(3)11(10)12/h5-7,10,12H,2-4,8-9H2,1H3;4-5,8-10H,2-3,6-7H2,1H3;2-3,5,8,10H,4,6-7H2,1H3;5-9H,4H2,1-3H3;2-5,9H,6-7H2,1H3;4-8H,1-3H3. The molecule has 0 N–H and O–H groups in total. The van der Waals surface area contributed by atoms with Crippen LogP contribution in [0.4, 0.5) is 0 Å². The topological polar surface area (TPSA) is 112 Å². The Labute approximate surface area is 477 Å². The van der Waals surface area contributed by atoms with E-state index in [1.54, 1.807) is 13.2 Å². The van der Waals surface area contributed by atoms with Crippen LogP contribution >= 0.6 is 0 Å². The summed E-state index contributed by atoms with van der Waals surface area (Å²) in [6.07, 6.45) is 18.1. The van der Waals surface area contributed by atoms with Gasteiger partial charge in [0, 0.05) is 33.4 Å². The maximum absolute atomic E-state index is 12.1. The van der Waals surface area contributed by atoms with Crippen molar-refractivity contribution >= 4 is 0 Å². The summed E-state index contributed by atoms with van der Waals surface area (Å²) < 4.78 is 5.09. The van der Waals surface area contributed by atoms with Gasteiger partial charge in [-0.2, -0.15) is 0 Å². The molecule has 0 amide bonds. The fourth-order valence-corrected chi connectivity index (χ4v) is 10.6. The molecular weight excluding hydrogens is 989 g/mol. The number of ether oxygens (including phenoxy) is 1. The first-order valence-electron chi connectivity index (χ1n) is 29.6. The Morgan fingerprint density at radius 2 is 0.637 bits per heavy atom. The van der Waals surface area contributed by atoms with Crippen LogP contribution in [0.25, 0.3) is 0 Å². The average Bonchev–Trinajstić information content (AvgIpc) is 4.30. The molecule has 0 saturated heterocycles. The second-order valence-electron chi connectivity index (χ2n) is 22.7. The fraction of sp³-hybridized carbons (Fsp3) is 0.425. The molecule has 4 fully saturated rings. The highest BCUT2D eigenvalue weighted by atomic mass is 16.5. The molecule has 4 aliphatic rings. The molecule has 424 valence electrons. The summed E-state index contributed by atoms with van der Waals surface area (Å²) in [6, 6.07) is 46.1. The Kier molecular flexibility index (Phi) is 26.4. The Balaban J connectivity index is 0.000000177. The SMILES string of the molecule is CCC(C)c1ccccc(C)c1=O.COc1ccccc(C2CCCC2)c1=O.Cc1ccccc(C(C)C)c1=O.Cc1ccccc(C2CC2)c1=O.Cc1ccccc(C2CCC2)c1=O.Cc1ccccc(C2CCCCC2)c1=O. The molecule has 4 saturated carbocycles. The zero-order chi connectivity index (χ0) is 58.1. The minimum atomic E-state index is 0.0643. The van der Waals surface area contributed by atoms with Crippen LogP contribution < -0.4 is 37.3 Å². The summed E-state index contributed by atoms with van der Waals surface area (Å²) >= 11 is 0. The highest BCUT2D eigenvalue weighted by Gasteiger charge is 2.26. The van der Waals surface area contributed by atoms with Gasteiger partial charge >= 0.3 is 0 Å². The van der Waals surface area contributed by atoms with Gasteiger partial charge in [-0.05, 0) is 162 Å². The Hall–Kier alpha value is -6.86. The predicted octanol–water partition coefficient (Wildman–Crippen LogP) is 16.3. The summed E-state index contributed by atoms with van der Waals surface area (Å²) in [7, 11) is 1.55. The normalized spacial score (nSPS) is 15.1. The van der Waals surface area contributed by atoms with Crippen molar-refractivity contribution in [1.82, 2.24) is 0 Å². The van der Waals surface area contributed by atoms with E-state index in [2.05, 4.69) is 13.8 Å². The predicted molar refractivity (Wildman–Crippen MR) is 335 cm³/mol. The fourth-order valence-electron chi connectivity index (χ4n) is 10.6. The lowest BCUT2D eigenvalue weighted by atomic mass is 9.80. The van der Waals surface area contributed by atoms with Gasteiger partial charge in [0.1, 0.15) is 0 Å². The van der Waals surface area contributed by atoms with Crippen molar-refractivity contribution in [3.63, 3.8) is 0 Å². The average molecular weight is 1080 g/mol. The summed E-state index contributed by atoms with van der Waals surface area (Å²) in [5, 5.41) is 0. The van der Waals surface area contributed by atoms with E-state index in [1.165, 1.54) is 77.0 Å². The minimum absolute atomic E-state index is 0.0643. The molecule has 0 aromatic heterocycles. The maximum atomic E-state index is 12.1. The van der Waals surface area contributed by atoms with E-state index >= 15 is 0 Å². The van der Waals surface area contributed by atoms with E-state index in [-0.39, 0.29) is 32.6 Å². The smallest absolute Gasteiger partial charge is 0.223 e. The number of rotatable bonds is 8. The lowest BCUT2D eigenvalue weighted by molar-refractivity contribution is 0.410. The van der Waals surface area contributed by atoms with Crippen LogP contribution in [0, 0.1) is 34.6 Å². The highest BCUT2D eigenvalue weighted by Crippen LogP contribution is 2.38. The van der Waals surface area contributed by atoms with Gasteiger partial charge in [0.15, 0.2) is 32.9 Å². The molecule has 6 aromatic carbocycles. The maximum Gasteiger partial charge on any atom is 0.223 e. The molecule has 1 atom stereocenters. The van der Waals surface area contributed by atoms with Crippen LogP contribution in [-0.4, -0.2) is 7.11 Å². The summed E-state index contributed by atoms with van der Waals surface area (Å²) in [5.41, 5.74) is 11.3. The molecule has 7 heteroatoms. The van der Waals surface area contributed by atoms with Crippen LogP contribution in [-0.2, 0) is 0 Å². The van der Waals surface area contributed by atoms with Gasteiger partial charge in [-0.15, -0.1) is 0 Å². The number of hydrogen-bond acceptors (Lipinski definition) is 7. The van der Waals surface area contributed by atoms with Crippen molar-refractivity contribution in [3.05, 3.63) is 268 Å². The van der Waals surface area contributed by atoms with Gasteiger partial charge in [-0.1, -0.05) is 206 Å². The van der Waals surface area contributed by atoms with Crippen molar-refractivity contribution in [2.24, 2.45) is 0 Å². The lowest BCUT2D eigenvalue weighted by Crippen LogP contribution is -2.18. The second-order valence-corrected chi connectivity index (χ2v) is 22.7. The van der Waals surface area contributed by atoms with Crippen molar-refractivity contribution in [2.75, 3.05) is 7.11 Å². The van der Waals surface area contributed by atoms with E-state index < -0.39 is 0 Å². The van der Waals surface area contributed by atoms with Gasteiger partial charge in [-0.3, -0.25) is 28.8 Å². The largest absolute Gasteiger partial charge is 0.493 e. The zero-order valence-electron chi connectivity index (χ0n) is 49.8. The first kappa shape index (κ1) is 64.0. The zero-order valence-corrected chi connectivity index (χ0v) is 49.8. The molecule has 0 aliphatic heterocycles. The molecule has 0 heterocycles. The van der Waals surface area contributed by atoms with Gasteiger partial charge < -0.3 is 4.74 Å². The monoisotopic (exact) mass is 1080 g/mol. The van der Waals surface area contributed by atoms with Crippen LogP contribution in [0.15, 0.2) is 174 Å². The molecule has 0 spiro atoms. The van der Waals surface area contributed by atoms with Gasteiger partial charge in [0.2, 0.25) is 5.43 Å². The van der Waals surface area contributed by atoms with Crippen molar-refractivity contribution < 1.29 is 4.74 Å². The highest BCUT2D eigenvalue weighted by molar-refractivity contribution is 5.31. The molecule has 7 nitrogen and oxygen atoms in total. The molecule has 80 heavy (non-hydrogen) atoms. The van der Waals surface area contributed by atoms with Crippen LogP contribution in [0.1, 0.15) is 221 Å². The quantitative estimate of drug-likeness (QED) is 0.149. The summed E-state index contributed by atoms with van der Waals surface area (Å²) in [6.45, 7) is 17.7. The summed E-state index contributed by atoms with van der Waals surface area (Å²) in [4.78, 5) is 71.0. The molecular formula is C73H90O7. The third kappa shape index (κ3) is 19.2. The van der Waals surface area contributed by atoms with Crippen molar-refractivity contribution in [2.45, 2.75) is 194 Å². The van der Waals surface area contributed by atoms with Gasteiger partial charge in [-0.25, -0.2) is 0 Å².